The fraction of sp³-hybridized carbons (Fsp3) is 0.440. The Kier molecular flexibility index (Phi) is 5.18. The summed E-state index contributed by atoms with van der Waals surface area (Å²) in [6, 6.07) is 13.8. The average Bonchev–Trinajstić information content (AvgIpc) is 3.17. The van der Waals surface area contributed by atoms with Gasteiger partial charge in [0.15, 0.2) is 0 Å². The number of imide groups is 1. The van der Waals surface area contributed by atoms with Crippen molar-refractivity contribution in [3.05, 3.63) is 64.7 Å². The topological polar surface area (TPSA) is 59.1 Å². The Bertz CT molecular complexity index is 1070. The summed E-state index contributed by atoms with van der Waals surface area (Å²) in [4.78, 5) is 34.6. The third-order valence-electron chi connectivity index (χ3n) is 7.12. The quantitative estimate of drug-likeness (QED) is 0.807. The van der Waals surface area contributed by atoms with Crippen LogP contribution in [0.2, 0.25) is 0 Å². The molecular formula is C25H31N5O2. The first kappa shape index (κ1) is 21.0. The molecule has 5 rings (SSSR count). The lowest BCUT2D eigenvalue weighted by Crippen LogP contribution is -2.66. The van der Waals surface area contributed by atoms with E-state index in [-0.39, 0.29) is 30.4 Å². The maximum atomic E-state index is 13.7. The van der Waals surface area contributed by atoms with Gasteiger partial charge in [-0.3, -0.25) is 19.9 Å². The molecule has 0 aliphatic carbocycles. The van der Waals surface area contributed by atoms with Gasteiger partial charge in [0.1, 0.15) is 18.5 Å². The molecule has 3 aliphatic rings. The van der Waals surface area contributed by atoms with E-state index in [0.29, 0.717) is 6.54 Å². The van der Waals surface area contributed by atoms with E-state index in [1.54, 1.807) is 11.9 Å². The van der Waals surface area contributed by atoms with Crippen LogP contribution in [-0.2, 0) is 11.3 Å². The number of urea groups is 1. The molecule has 32 heavy (non-hydrogen) atoms. The van der Waals surface area contributed by atoms with Crippen LogP contribution in [0.1, 0.15) is 28.7 Å². The van der Waals surface area contributed by atoms with E-state index >= 15 is 0 Å². The SMILES string of the molecule is Cc1ccc(N2CCCN3C4C(=O)N(Cc5ccccc5C)C(=O)N(C)C4NC23)c(C)c1. The summed E-state index contributed by atoms with van der Waals surface area (Å²) in [7, 11) is 1.80. The van der Waals surface area contributed by atoms with Gasteiger partial charge in [0.25, 0.3) is 5.91 Å². The van der Waals surface area contributed by atoms with Crippen molar-refractivity contribution in [2.24, 2.45) is 0 Å². The Hall–Kier alpha value is -2.90. The number of carbonyl (C=O) groups is 2. The summed E-state index contributed by atoms with van der Waals surface area (Å²) in [5.74, 6) is -0.112. The van der Waals surface area contributed by atoms with Gasteiger partial charge in [-0.15, -0.1) is 0 Å². The summed E-state index contributed by atoms with van der Waals surface area (Å²) in [5.41, 5.74) is 5.72. The number of nitrogens with one attached hydrogen (secondary N) is 1. The van der Waals surface area contributed by atoms with Crippen molar-refractivity contribution >= 4 is 17.6 Å². The van der Waals surface area contributed by atoms with Crippen LogP contribution in [0.3, 0.4) is 0 Å². The monoisotopic (exact) mass is 433 g/mol. The number of amides is 3. The van der Waals surface area contributed by atoms with E-state index in [2.05, 4.69) is 47.2 Å². The van der Waals surface area contributed by atoms with E-state index in [0.717, 1.165) is 30.6 Å². The lowest BCUT2D eigenvalue weighted by Gasteiger charge is -2.44. The number of rotatable bonds is 3. The van der Waals surface area contributed by atoms with Crippen LogP contribution in [0.5, 0.6) is 0 Å². The van der Waals surface area contributed by atoms with Crippen molar-refractivity contribution in [1.82, 2.24) is 20.0 Å². The first-order valence-electron chi connectivity index (χ1n) is 11.3. The number of fused-ring (bicyclic) bond motifs is 3. The molecule has 7 nitrogen and oxygen atoms in total. The fourth-order valence-electron chi connectivity index (χ4n) is 5.40. The first-order valence-corrected chi connectivity index (χ1v) is 11.3. The van der Waals surface area contributed by atoms with Gasteiger partial charge in [-0.1, -0.05) is 42.0 Å². The lowest BCUT2D eigenvalue weighted by molar-refractivity contribution is -0.139. The van der Waals surface area contributed by atoms with Crippen molar-refractivity contribution < 1.29 is 9.59 Å². The van der Waals surface area contributed by atoms with Crippen molar-refractivity contribution in [3.8, 4) is 0 Å². The molecule has 3 atom stereocenters. The van der Waals surface area contributed by atoms with Crippen LogP contribution in [0.25, 0.3) is 0 Å². The lowest BCUT2D eigenvalue weighted by atomic mass is 10.1. The zero-order valence-electron chi connectivity index (χ0n) is 19.2. The van der Waals surface area contributed by atoms with E-state index < -0.39 is 0 Å². The molecule has 0 spiro atoms. The van der Waals surface area contributed by atoms with Crippen molar-refractivity contribution in [2.45, 2.75) is 52.2 Å². The van der Waals surface area contributed by atoms with Gasteiger partial charge >= 0.3 is 6.03 Å². The fourth-order valence-corrected chi connectivity index (χ4v) is 5.40. The molecule has 3 saturated heterocycles. The third-order valence-corrected chi connectivity index (χ3v) is 7.12. The summed E-state index contributed by atoms with van der Waals surface area (Å²) in [6.45, 7) is 8.29. The highest BCUT2D eigenvalue weighted by molar-refractivity contribution is 6.00. The molecule has 3 heterocycles. The maximum absolute atomic E-state index is 13.7. The number of benzene rings is 2. The Labute approximate surface area is 189 Å². The minimum atomic E-state index is -0.389. The molecule has 3 amide bonds. The summed E-state index contributed by atoms with van der Waals surface area (Å²) in [5, 5.41) is 3.60. The average molecular weight is 434 g/mol. The molecule has 3 aliphatic heterocycles. The molecule has 3 unspecified atom stereocenters. The van der Waals surface area contributed by atoms with Gasteiger partial charge in [-0.05, 0) is 49.9 Å². The second kappa shape index (κ2) is 7.90. The molecule has 7 heteroatoms. The molecule has 2 aromatic rings. The predicted octanol–water partition coefficient (Wildman–Crippen LogP) is 2.80. The molecule has 2 aromatic carbocycles. The van der Waals surface area contributed by atoms with Crippen LogP contribution in [0, 0.1) is 20.8 Å². The van der Waals surface area contributed by atoms with Gasteiger partial charge in [0.05, 0.1) is 6.54 Å². The molecule has 0 radical (unpaired) electrons. The van der Waals surface area contributed by atoms with Crippen LogP contribution < -0.4 is 10.2 Å². The highest BCUT2D eigenvalue weighted by Crippen LogP contribution is 2.34. The normalized spacial score (nSPS) is 25.9. The van der Waals surface area contributed by atoms with Gasteiger partial charge in [0.2, 0.25) is 0 Å². The summed E-state index contributed by atoms with van der Waals surface area (Å²) >= 11 is 0. The number of carbonyl (C=O) groups excluding carboxylic acids is 2. The highest BCUT2D eigenvalue weighted by atomic mass is 16.2. The van der Waals surface area contributed by atoms with Crippen molar-refractivity contribution in [1.29, 1.82) is 0 Å². The highest BCUT2D eigenvalue weighted by Gasteiger charge is 2.56. The molecule has 1 N–H and O–H groups in total. The molecule has 0 saturated carbocycles. The number of aryl methyl sites for hydroxylation is 3. The van der Waals surface area contributed by atoms with E-state index in [1.807, 2.05) is 31.2 Å². The van der Waals surface area contributed by atoms with Crippen LogP contribution in [0.15, 0.2) is 42.5 Å². The van der Waals surface area contributed by atoms with Gasteiger partial charge in [-0.25, -0.2) is 4.79 Å². The van der Waals surface area contributed by atoms with Crippen LogP contribution in [-0.4, -0.2) is 65.3 Å². The van der Waals surface area contributed by atoms with Gasteiger partial charge in [0, 0.05) is 25.8 Å². The minimum absolute atomic E-state index is 0.112. The largest absolute Gasteiger partial charge is 0.343 e. The molecule has 0 aromatic heterocycles. The first-order chi connectivity index (χ1) is 15.4. The molecule has 168 valence electrons. The third kappa shape index (κ3) is 3.27. The summed E-state index contributed by atoms with van der Waals surface area (Å²) in [6.07, 6.45) is 0.523. The second-order valence-electron chi connectivity index (χ2n) is 9.25. The van der Waals surface area contributed by atoms with Gasteiger partial charge in [-0.2, -0.15) is 0 Å². The number of likely N-dealkylation sites (N-methyl/N-ethyl adjacent to an activating group) is 1. The smallest absolute Gasteiger partial charge is 0.328 e. The Morgan fingerprint density at radius 2 is 1.78 bits per heavy atom. The zero-order chi connectivity index (χ0) is 22.6. The van der Waals surface area contributed by atoms with Crippen molar-refractivity contribution in [2.75, 3.05) is 25.0 Å². The minimum Gasteiger partial charge on any atom is -0.343 e. The zero-order valence-corrected chi connectivity index (χ0v) is 19.2. The second-order valence-corrected chi connectivity index (χ2v) is 9.25. The van der Waals surface area contributed by atoms with E-state index in [1.165, 1.54) is 21.7 Å². The predicted molar refractivity (Wildman–Crippen MR) is 124 cm³/mol. The number of anilines is 1. The van der Waals surface area contributed by atoms with E-state index in [9.17, 15) is 9.59 Å². The number of nitrogens with zero attached hydrogens (tertiary/aromatic N) is 4. The Morgan fingerprint density at radius 3 is 2.53 bits per heavy atom. The van der Waals surface area contributed by atoms with Crippen LogP contribution >= 0.6 is 0 Å². The Morgan fingerprint density at radius 1 is 1.00 bits per heavy atom. The van der Waals surface area contributed by atoms with Crippen molar-refractivity contribution in [3.63, 3.8) is 0 Å². The number of hydrogen-bond acceptors (Lipinski definition) is 5. The number of hydrogen-bond donors (Lipinski definition) is 1. The summed E-state index contributed by atoms with van der Waals surface area (Å²) < 4.78 is 0. The molecule has 0 bridgehead atoms. The molecule has 3 fully saturated rings. The molecular weight excluding hydrogens is 402 g/mol. The maximum Gasteiger partial charge on any atom is 0.328 e. The van der Waals surface area contributed by atoms with E-state index in [4.69, 9.17) is 0 Å². The Balaban J connectivity index is 1.45. The standard InChI is InChI=1S/C25H31N5O2/c1-16-10-11-20(18(3)14-16)28-12-7-13-29-21-22(26-24(28)29)27(4)25(32)30(23(21)31)15-19-9-6-5-8-17(19)2/h5-6,8-11,14,21-22,24,26H,7,12-13,15H2,1-4H3. The van der Waals surface area contributed by atoms with Gasteiger partial charge < -0.3 is 9.80 Å². The van der Waals surface area contributed by atoms with Crippen LogP contribution in [0.4, 0.5) is 10.5 Å².